The van der Waals surface area contributed by atoms with E-state index in [4.69, 9.17) is 10.00 Å². The van der Waals surface area contributed by atoms with Gasteiger partial charge in [-0.15, -0.1) is 0 Å². The van der Waals surface area contributed by atoms with Gasteiger partial charge in [-0.05, 0) is 49.7 Å². The van der Waals surface area contributed by atoms with Gasteiger partial charge in [0.2, 0.25) is 0 Å². The van der Waals surface area contributed by atoms with E-state index < -0.39 is 0 Å². The molecule has 1 aliphatic rings. The van der Waals surface area contributed by atoms with Gasteiger partial charge >= 0.3 is 0 Å². The summed E-state index contributed by atoms with van der Waals surface area (Å²) in [5.41, 5.74) is 1.75. The molecule has 1 fully saturated rings. The molecule has 0 aliphatic carbocycles. The quantitative estimate of drug-likeness (QED) is 0.861. The van der Waals surface area contributed by atoms with Gasteiger partial charge in [-0.2, -0.15) is 5.26 Å². The van der Waals surface area contributed by atoms with Crippen LogP contribution in [0.1, 0.15) is 24.5 Å². The van der Waals surface area contributed by atoms with E-state index in [9.17, 15) is 0 Å². The Morgan fingerprint density at radius 3 is 3.00 bits per heavy atom. The van der Waals surface area contributed by atoms with Gasteiger partial charge in [0.05, 0.1) is 12.7 Å². The second-order valence-electron chi connectivity index (χ2n) is 5.33. The van der Waals surface area contributed by atoms with Gasteiger partial charge in [0.1, 0.15) is 11.8 Å². The third-order valence-corrected chi connectivity index (χ3v) is 3.97. The van der Waals surface area contributed by atoms with Crippen molar-refractivity contribution in [1.82, 2.24) is 10.2 Å². The summed E-state index contributed by atoms with van der Waals surface area (Å²) in [4.78, 5) is 2.50. The van der Waals surface area contributed by atoms with E-state index in [-0.39, 0.29) is 0 Å². The Bertz CT molecular complexity index is 481. The molecule has 1 atom stereocenters. The fraction of sp³-hybridized carbons (Fsp3) is 0.562. The van der Waals surface area contributed by atoms with Crippen LogP contribution in [0.25, 0.3) is 0 Å². The number of likely N-dealkylation sites (tertiary alicyclic amines) is 1. The maximum atomic E-state index is 8.96. The highest BCUT2D eigenvalue weighted by Gasteiger charge is 2.20. The summed E-state index contributed by atoms with van der Waals surface area (Å²) in [6, 6.07) is 7.89. The zero-order chi connectivity index (χ0) is 14.4. The molecule has 1 aliphatic heterocycles. The van der Waals surface area contributed by atoms with Crippen LogP contribution in [0.4, 0.5) is 0 Å². The number of hydrogen-bond acceptors (Lipinski definition) is 4. The van der Waals surface area contributed by atoms with Gasteiger partial charge in [-0.25, -0.2) is 0 Å². The molecule has 0 radical (unpaired) electrons. The number of ether oxygens (including phenoxy) is 1. The normalized spacial score (nSPS) is 18.9. The molecule has 1 aromatic carbocycles. The highest BCUT2D eigenvalue weighted by molar-refractivity contribution is 5.45. The molecular formula is C16H23N3O. The van der Waals surface area contributed by atoms with E-state index in [1.165, 1.54) is 19.5 Å². The SMILES string of the molecule is CCN1CCC(CNCc2ccc(C#N)c(OC)c2)C1. The highest BCUT2D eigenvalue weighted by atomic mass is 16.5. The summed E-state index contributed by atoms with van der Waals surface area (Å²) >= 11 is 0. The number of methoxy groups -OCH3 is 1. The molecule has 0 amide bonds. The van der Waals surface area contributed by atoms with Gasteiger partial charge in [0, 0.05) is 13.1 Å². The average molecular weight is 273 g/mol. The third-order valence-electron chi connectivity index (χ3n) is 3.97. The van der Waals surface area contributed by atoms with Crippen molar-refractivity contribution in [3.63, 3.8) is 0 Å². The van der Waals surface area contributed by atoms with E-state index in [1.807, 2.05) is 18.2 Å². The predicted octanol–water partition coefficient (Wildman–Crippen LogP) is 2.00. The van der Waals surface area contributed by atoms with Crippen molar-refractivity contribution in [2.24, 2.45) is 5.92 Å². The molecule has 1 heterocycles. The first-order valence-corrected chi connectivity index (χ1v) is 7.27. The Hall–Kier alpha value is -1.57. The van der Waals surface area contributed by atoms with Crippen LogP contribution >= 0.6 is 0 Å². The zero-order valence-corrected chi connectivity index (χ0v) is 12.4. The molecule has 0 bridgehead atoms. The Morgan fingerprint density at radius 1 is 1.50 bits per heavy atom. The second-order valence-corrected chi connectivity index (χ2v) is 5.33. The Labute approximate surface area is 121 Å². The van der Waals surface area contributed by atoms with Crippen LogP contribution in [-0.2, 0) is 6.54 Å². The first-order chi connectivity index (χ1) is 9.76. The lowest BCUT2D eigenvalue weighted by Gasteiger charge is -2.14. The Kier molecular flexibility index (Phi) is 5.40. The Balaban J connectivity index is 1.81. The maximum Gasteiger partial charge on any atom is 0.136 e. The number of nitriles is 1. The van der Waals surface area contributed by atoms with Crippen molar-refractivity contribution in [3.05, 3.63) is 29.3 Å². The highest BCUT2D eigenvalue weighted by Crippen LogP contribution is 2.19. The molecule has 20 heavy (non-hydrogen) atoms. The fourth-order valence-corrected chi connectivity index (χ4v) is 2.73. The van der Waals surface area contributed by atoms with Gasteiger partial charge in [-0.3, -0.25) is 0 Å². The van der Waals surface area contributed by atoms with E-state index in [0.29, 0.717) is 11.3 Å². The summed E-state index contributed by atoms with van der Waals surface area (Å²) in [5.74, 6) is 1.42. The Morgan fingerprint density at radius 2 is 2.35 bits per heavy atom. The minimum absolute atomic E-state index is 0.589. The summed E-state index contributed by atoms with van der Waals surface area (Å²) in [6.45, 7) is 7.69. The number of rotatable bonds is 6. The van der Waals surface area contributed by atoms with Crippen LogP contribution in [0.5, 0.6) is 5.75 Å². The summed E-state index contributed by atoms with van der Waals surface area (Å²) in [6.07, 6.45) is 1.29. The molecule has 1 unspecified atom stereocenters. The van der Waals surface area contributed by atoms with E-state index in [1.54, 1.807) is 7.11 Å². The first kappa shape index (κ1) is 14.8. The molecule has 4 nitrogen and oxygen atoms in total. The number of benzene rings is 1. The molecule has 0 spiro atoms. The molecule has 1 saturated heterocycles. The van der Waals surface area contributed by atoms with E-state index >= 15 is 0 Å². The lowest BCUT2D eigenvalue weighted by molar-refractivity contribution is 0.339. The minimum atomic E-state index is 0.589. The van der Waals surface area contributed by atoms with Gasteiger partial charge < -0.3 is 15.0 Å². The molecule has 1 aromatic rings. The van der Waals surface area contributed by atoms with Crippen LogP contribution in [0, 0.1) is 17.2 Å². The van der Waals surface area contributed by atoms with Crippen molar-refractivity contribution >= 4 is 0 Å². The van der Waals surface area contributed by atoms with Crippen molar-refractivity contribution in [2.75, 3.05) is 33.3 Å². The smallest absolute Gasteiger partial charge is 0.136 e. The second kappa shape index (κ2) is 7.28. The molecule has 2 rings (SSSR count). The first-order valence-electron chi connectivity index (χ1n) is 7.27. The minimum Gasteiger partial charge on any atom is -0.495 e. The van der Waals surface area contributed by atoms with Crippen LogP contribution in [-0.4, -0.2) is 38.2 Å². The molecule has 108 valence electrons. The molecule has 4 heteroatoms. The van der Waals surface area contributed by atoms with E-state index in [2.05, 4.69) is 23.2 Å². The van der Waals surface area contributed by atoms with Crippen molar-refractivity contribution in [2.45, 2.75) is 19.9 Å². The van der Waals surface area contributed by atoms with Gasteiger partial charge in [-0.1, -0.05) is 13.0 Å². The topological polar surface area (TPSA) is 48.3 Å². The number of nitrogens with zero attached hydrogens (tertiary/aromatic N) is 2. The number of hydrogen-bond donors (Lipinski definition) is 1. The lowest BCUT2D eigenvalue weighted by atomic mass is 10.1. The monoisotopic (exact) mass is 273 g/mol. The maximum absolute atomic E-state index is 8.96. The molecule has 0 aromatic heterocycles. The van der Waals surface area contributed by atoms with Crippen molar-refractivity contribution < 1.29 is 4.74 Å². The van der Waals surface area contributed by atoms with Crippen molar-refractivity contribution in [1.29, 1.82) is 5.26 Å². The van der Waals surface area contributed by atoms with Crippen LogP contribution in [0.3, 0.4) is 0 Å². The standard InChI is InChI=1S/C16H23N3O/c1-3-19-7-6-14(12-19)11-18-10-13-4-5-15(9-17)16(8-13)20-2/h4-5,8,14,18H,3,6-7,10-12H2,1-2H3. The van der Waals surface area contributed by atoms with Crippen LogP contribution in [0.15, 0.2) is 18.2 Å². The largest absolute Gasteiger partial charge is 0.495 e. The molecular weight excluding hydrogens is 250 g/mol. The van der Waals surface area contributed by atoms with Crippen molar-refractivity contribution in [3.8, 4) is 11.8 Å². The molecule has 1 N–H and O–H groups in total. The average Bonchev–Trinajstić information content (AvgIpc) is 2.95. The summed E-state index contributed by atoms with van der Waals surface area (Å²) < 4.78 is 5.23. The van der Waals surface area contributed by atoms with Gasteiger partial charge in [0.15, 0.2) is 0 Å². The third kappa shape index (κ3) is 3.72. The van der Waals surface area contributed by atoms with Gasteiger partial charge in [0.25, 0.3) is 0 Å². The van der Waals surface area contributed by atoms with Crippen LogP contribution in [0.2, 0.25) is 0 Å². The lowest BCUT2D eigenvalue weighted by Crippen LogP contribution is -2.26. The van der Waals surface area contributed by atoms with E-state index in [0.717, 1.165) is 31.1 Å². The fourth-order valence-electron chi connectivity index (χ4n) is 2.73. The van der Waals surface area contributed by atoms with Crippen LogP contribution < -0.4 is 10.1 Å². The predicted molar refractivity (Wildman–Crippen MR) is 79.6 cm³/mol. The molecule has 0 saturated carbocycles. The summed E-state index contributed by atoms with van der Waals surface area (Å²) in [5, 5.41) is 12.5. The zero-order valence-electron chi connectivity index (χ0n) is 12.4. The summed E-state index contributed by atoms with van der Waals surface area (Å²) in [7, 11) is 1.60. The number of nitrogens with one attached hydrogen (secondary N) is 1.